The van der Waals surface area contributed by atoms with Gasteiger partial charge in [0.15, 0.2) is 0 Å². The zero-order valence-corrected chi connectivity index (χ0v) is 27.2. The Kier molecular flexibility index (Phi) is 10.5. The Hall–Kier alpha value is -2.13. The molecule has 0 aromatic heterocycles. The maximum atomic E-state index is 13.8. The molecule has 240 valence electrons. The maximum Gasteiger partial charge on any atom is 0.290 e. The summed E-state index contributed by atoms with van der Waals surface area (Å²) in [6, 6.07) is -1.74. The number of carbonyl (C=O) groups excluding carboxylic acids is 4. The first-order chi connectivity index (χ1) is 19.3. The molecule has 0 bridgehead atoms. The minimum absolute atomic E-state index is 0.0108. The summed E-state index contributed by atoms with van der Waals surface area (Å²) in [6.45, 7) is 12.3. The fourth-order valence-electron chi connectivity index (χ4n) is 4.92. The highest BCUT2D eigenvalue weighted by Crippen LogP contribution is 2.37. The van der Waals surface area contributed by atoms with E-state index in [0.717, 1.165) is 19.1 Å². The standard InChI is InChI=1S/C28H50N6O7S/c1-26(2,3)20(16-33(7)42(8,39)40)29-17-41-32-21(27(4,5)6)25(38)34-15-9-10-19(34)23(36)31-28(13-14-28)22(35)24(37)30-18-11-12-18/h18-21,29,32H,9-17H2,1-8H3,(H,30,37)(H,31,36)/t19-,20+,21+/m0/s1. The van der Waals surface area contributed by atoms with Crippen LogP contribution in [0.1, 0.15) is 80.1 Å². The molecule has 0 aromatic rings. The van der Waals surface area contributed by atoms with Crippen LogP contribution in [0.5, 0.6) is 0 Å². The van der Waals surface area contributed by atoms with E-state index in [2.05, 4.69) is 21.4 Å². The molecule has 0 aromatic carbocycles. The summed E-state index contributed by atoms with van der Waals surface area (Å²) >= 11 is 0. The minimum atomic E-state index is -3.36. The highest BCUT2D eigenvalue weighted by Gasteiger charge is 2.55. The number of ketones is 1. The normalized spacial score (nSPS) is 22.0. The van der Waals surface area contributed by atoms with Crippen molar-refractivity contribution in [1.82, 2.24) is 30.6 Å². The van der Waals surface area contributed by atoms with Crippen molar-refractivity contribution in [1.29, 1.82) is 0 Å². The lowest BCUT2D eigenvalue weighted by molar-refractivity contribution is -0.148. The molecule has 2 aliphatic carbocycles. The third kappa shape index (κ3) is 8.94. The highest BCUT2D eigenvalue weighted by atomic mass is 32.2. The van der Waals surface area contributed by atoms with Gasteiger partial charge in [-0.3, -0.25) is 29.3 Å². The van der Waals surface area contributed by atoms with Crippen LogP contribution >= 0.6 is 0 Å². The van der Waals surface area contributed by atoms with Crippen molar-refractivity contribution >= 4 is 33.5 Å². The fourth-order valence-corrected chi connectivity index (χ4v) is 5.34. The van der Waals surface area contributed by atoms with Crippen LogP contribution in [0.2, 0.25) is 0 Å². The summed E-state index contributed by atoms with van der Waals surface area (Å²) in [5, 5.41) is 8.72. The van der Waals surface area contributed by atoms with Gasteiger partial charge in [0, 0.05) is 32.2 Å². The SMILES string of the molecule is CN(C[C@@H](NCON[C@H](C(=O)N1CCC[C@H]1C(=O)NC1(C(=O)C(=O)NC2CC2)CC1)C(C)(C)C)C(C)(C)C)S(C)(=O)=O. The van der Waals surface area contributed by atoms with Gasteiger partial charge < -0.3 is 15.5 Å². The number of sulfonamides is 1. The number of likely N-dealkylation sites (N-methyl/N-ethyl adjacent to an activating group) is 1. The zero-order valence-electron chi connectivity index (χ0n) is 26.3. The Morgan fingerprint density at radius 2 is 1.64 bits per heavy atom. The number of amides is 3. The smallest absolute Gasteiger partial charge is 0.290 e. The number of hydrogen-bond donors (Lipinski definition) is 4. The molecule has 3 fully saturated rings. The first-order valence-electron chi connectivity index (χ1n) is 14.8. The Balaban J connectivity index is 1.60. The molecule has 14 heteroatoms. The lowest BCUT2D eigenvalue weighted by atomic mass is 9.86. The van der Waals surface area contributed by atoms with Crippen molar-refractivity contribution < 1.29 is 32.4 Å². The van der Waals surface area contributed by atoms with Crippen molar-refractivity contribution in [2.24, 2.45) is 10.8 Å². The van der Waals surface area contributed by atoms with E-state index >= 15 is 0 Å². The molecule has 4 N–H and O–H groups in total. The molecule has 1 saturated heterocycles. The molecule has 13 nitrogen and oxygen atoms in total. The lowest BCUT2D eigenvalue weighted by Gasteiger charge is -2.36. The van der Waals surface area contributed by atoms with Gasteiger partial charge in [0.1, 0.15) is 24.4 Å². The van der Waals surface area contributed by atoms with E-state index in [1.54, 1.807) is 0 Å². The van der Waals surface area contributed by atoms with Crippen LogP contribution in [0.25, 0.3) is 0 Å². The molecule has 3 atom stereocenters. The van der Waals surface area contributed by atoms with Crippen LogP contribution in [-0.4, -0.2) is 104 Å². The number of nitrogens with zero attached hydrogens (tertiary/aromatic N) is 2. The number of Topliss-reactive ketones (excluding diaryl/α,β-unsaturated/α-hetero) is 1. The molecular formula is C28H50N6O7S. The van der Waals surface area contributed by atoms with Crippen LogP contribution < -0.4 is 21.4 Å². The average molecular weight is 615 g/mol. The van der Waals surface area contributed by atoms with E-state index in [9.17, 15) is 27.6 Å². The van der Waals surface area contributed by atoms with Crippen molar-refractivity contribution in [3.8, 4) is 0 Å². The molecule has 3 rings (SSSR count). The van der Waals surface area contributed by atoms with E-state index in [4.69, 9.17) is 4.84 Å². The summed E-state index contributed by atoms with van der Waals surface area (Å²) in [5.41, 5.74) is 0.842. The van der Waals surface area contributed by atoms with Gasteiger partial charge >= 0.3 is 0 Å². The zero-order chi connectivity index (χ0) is 31.7. The first-order valence-corrected chi connectivity index (χ1v) is 16.6. The number of nitrogens with one attached hydrogen (secondary N) is 4. The third-order valence-corrected chi connectivity index (χ3v) is 9.55. The van der Waals surface area contributed by atoms with Gasteiger partial charge in [-0.1, -0.05) is 41.5 Å². The monoisotopic (exact) mass is 614 g/mol. The van der Waals surface area contributed by atoms with E-state index in [1.165, 1.54) is 16.3 Å². The predicted molar refractivity (Wildman–Crippen MR) is 157 cm³/mol. The van der Waals surface area contributed by atoms with Crippen LogP contribution in [0.4, 0.5) is 0 Å². The molecule has 2 saturated carbocycles. The largest absolute Gasteiger partial charge is 0.347 e. The van der Waals surface area contributed by atoms with Gasteiger partial charge in [0.2, 0.25) is 27.6 Å². The molecule has 42 heavy (non-hydrogen) atoms. The number of rotatable bonds is 14. The summed E-state index contributed by atoms with van der Waals surface area (Å²) in [5.74, 6) is -2.00. The maximum absolute atomic E-state index is 13.8. The van der Waals surface area contributed by atoms with E-state index in [0.29, 0.717) is 32.2 Å². The van der Waals surface area contributed by atoms with Crippen LogP contribution in [0.3, 0.4) is 0 Å². The van der Waals surface area contributed by atoms with Crippen LogP contribution in [0.15, 0.2) is 0 Å². The van der Waals surface area contributed by atoms with Crippen LogP contribution in [0, 0.1) is 10.8 Å². The molecule has 1 heterocycles. The summed E-state index contributed by atoms with van der Waals surface area (Å²) in [4.78, 5) is 59.5. The van der Waals surface area contributed by atoms with E-state index < -0.39 is 50.7 Å². The summed E-state index contributed by atoms with van der Waals surface area (Å²) < 4.78 is 25.1. The van der Waals surface area contributed by atoms with Crippen molar-refractivity contribution in [3.63, 3.8) is 0 Å². The van der Waals surface area contributed by atoms with Gasteiger partial charge in [-0.05, 0) is 49.4 Å². The average Bonchev–Trinajstić information content (AvgIpc) is 3.78. The Labute approximate surface area is 250 Å². The Bertz CT molecular complexity index is 1140. The topological polar surface area (TPSA) is 166 Å². The molecule has 3 aliphatic rings. The van der Waals surface area contributed by atoms with Gasteiger partial charge in [-0.25, -0.2) is 12.7 Å². The Morgan fingerprint density at radius 1 is 1.02 bits per heavy atom. The number of hydroxylamine groups is 1. The summed E-state index contributed by atoms with van der Waals surface area (Å²) in [7, 11) is -1.83. The minimum Gasteiger partial charge on any atom is -0.347 e. The second-order valence-corrected chi connectivity index (χ2v) is 16.3. The summed E-state index contributed by atoms with van der Waals surface area (Å²) in [6.07, 6.45) is 4.77. The highest BCUT2D eigenvalue weighted by molar-refractivity contribution is 7.88. The van der Waals surface area contributed by atoms with Crippen molar-refractivity contribution in [2.45, 2.75) is 110 Å². The molecular weight excluding hydrogens is 564 g/mol. The van der Waals surface area contributed by atoms with Crippen molar-refractivity contribution in [2.75, 3.05) is 33.1 Å². The van der Waals surface area contributed by atoms with Gasteiger partial charge in [0.05, 0.1) is 6.26 Å². The third-order valence-electron chi connectivity index (χ3n) is 8.27. The lowest BCUT2D eigenvalue weighted by Crippen LogP contribution is -2.59. The van der Waals surface area contributed by atoms with Gasteiger partial charge in [0.25, 0.3) is 5.91 Å². The van der Waals surface area contributed by atoms with Crippen LogP contribution in [-0.2, 0) is 34.0 Å². The van der Waals surface area contributed by atoms with Crippen molar-refractivity contribution in [3.05, 3.63) is 0 Å². The number of hydrogen-bond acceptors (Lipinski definition) is 9. The fraction of sp³-hybridized carbons (Fsp3) is 0.857. The predicted octanol–water partition coefficient (Wildman–Crippen LogP) is 0.263. The molecule has 0 spiro atoms. The Morgan fingerprint density at radius 3 is 2.14 bits per heavy atom. The number of likely N-dealkylation sites (tertiary alicyclic amines) is 1. The molecule has 3 amide bonds. The molecule has 0 unspecified atom stereocenters. The first kappa shape index (κ1) is 34.4. The van der Waals surface area contributed by atoms with E-state index in [1.807, 2.05) is 41.5 Å². The second-order valence-electron chi connectivity index (χ2n) is 14.2. The second kappa shape index (κ2) is 12.8. The van der Waals surface area contributed by atoms with E-state index in [-0.39, 0.29) is 36.7 Å². The quantitative estimate of drug-likeness (QED) is 0.0929. The van der Waals surface area contributed by atoms with Gasteiger partial charge in [-0.15, -0.1) is 0 Å². The molecule has 0 radical (unpaired) electrons. The van der Waals surface area contributed by atoms with Gasteiger partial charge in [-0.2, -0.15) is 5.48 Å². The number of carbonyl (C=O) groups is 4. The molecule has 1 aliphatic heterocycles.